The predicted octanol–water partition coefficient (Wildman–Crippen LogP) is 5.16. The number of hydrogen-bond acceptors (Lipinski definition) is 3. The SMILES string of the molecule is c1ccc(N=Nc2cnccc2-c2ccccc2)cc1. The van der Waals surface area contributed by atoms with E-state index in [1.54, 1.807) is 12.4 Å². The van der Waals surface area contributed by atoms with Gasteiger partial charge in [0.2, 0.25) is 0 Å². The number of pyridine rings is 1. The minimum absolute atomic E-state index is 0.766. The van der Waals surface area contributed by atoms with E-state index >= 15 is 0 Å². The van der Waals surface area contributed by atoms with Crippen LogP contribution in [0.1, 0.15) is 0 Å². The minimum atomic E-state index is 0.766. The van der Waals surface area contributed by atoms with E-state index in [2.05, 4.69) is 27.3 Å². The average Bonchev–Trinajstić information content (AvgIpc) is 2.55. The van der Waals surface area contributed by atoms with Crippen LogP contribution in [0.3, 0.4) is 0 Å². The normalized spacial score (nSPS) is 10.8. The first-order valence-corrected chi connectivity index (χ1v) is 6.40. The van der Waals surface area contributed by atoms with Crippen molar-refractivity contribution in [2.24, 2.45) is 10.2 Å². The summed E-state index contributed by atoms with van der Waals surface area (Å²) in [7, 11) is 0. The molecule has 0 spiro atoms. The molecule has 0 aliphatic carbocycles. The van der Waals surface area contributed by atoms with Crippen LogP contribution in [0, 0.1) is 0 Å². The first-order chi connectivity index (χ1) is 9.93. The fraction of sp³-hybridized carbons (Fsp3) is 0. The fourth-order valence-corrected chi connectivity index (χ4v) is 1.93. The van der Waals surface area contributed by atoms with Gasteiger partial charge in [0, 0.05) is 11.8 Å². The summed E-state index contributed by atoms with van der Waals surface area (Å²) in [4.78, 5) is 4.13. The van der Waals surface area contributed by atoms with E-state index in [9.17, 15) is 0 Å². The van der Waals surface area contributed by atoms with Crippen molar-refractivity contribution >= 4 is 11.4 Å². The van der Waals surface area contributed by atoms with Gasteiger partial charge in [0.1, 0.15) is 5.69 Å². The molecule has 0 aliphatic rings. The zero-order valence-corrected chi connectivity index (χ0v) is 10.8. The van der Waals surface area contributed by atoms with Gasteiger partial charge in [-0.2, -0.15) is 5.11 Å². The molecule has 1 aromatic heterocycles. The van der Waals surface area contributed by atoms with Gasteiger partial charge in [-0.05, 0) is 23.8 Å². The van der Waals surface area contributed by atoms with Crippen molar-refractivity contribution in [3.05, 3.63) is 79.1 Å². The molecule has 20 heavy (non-hydrogen) atoms. The second-order valence-electron chi connectivity index (χ2n) is 4.29. The van der Waals surface area contributed by atoms with Crippen molar-refractivity contribution < 1.29 is 0 Å². The minimum Gasteiger partial charge on any atom is -0.262 e. The molecule has 0 aliphatic heterocycles. The quantitative estimate of drug-likeness (QED) is 0.598. The van der Waals surface area contributed by atoms with E-state index in [0.29, 0.717) is 0 Å². The maximum absolute atomic E-state index is 4.32. The maximum Gasteiger partial charge on any atom is 0.112 e. The molecule has 0 radical (unpaired) electrons. The number of benzene rings is 2. The Balaban J connectivity index is 1.97. The molecule has 0 saturated carbocycles. The molecular weight excluding hydrogens is 246 g/mol. The highest BCUT2D eigenvalue weighted by Gasteiger charge is 2.03. The van der Waals surface area contributed by atoms with Gasteiger partial charge in [0.15, 0.2) is 0 Å². The van der Waals surface area contributed by atoms with Gasteiger partial charge in [0.25, 0.3) is 0 Å². The first kappa shape index (κ1) is 12.2. The second-order valence-corrected chi connectivity index (χ2v) is 4.29. The fourth-order valence-electron chi connectivity index (χ4n) is 1.93. The molecule has 3 rings (SSSR count). The molecule has 2 aromatic carbocycles. The number of aromatic nitrogens is 1. The Morgan fingerprint density at radius 1 is 0.700 bits per heavy atom. The Morgan fingerprint density at radius 2 is 1.40 bits per heavy atom. The van der Waals surface area contributed by atoms with Crippen molar-refractivity contribution in [2.75, 3.05) is 0 Å². The van der Waals surface area contributed by atoms with E-state index in [-0.39, 0.29) is 0 Å². The molecule has 0 unspecified atom stereocenters. The van der Waals surface area contributed by atoms with Crippen LogP contribution in [-0.4, -0.2) is 4.98 Å². The lowest BCUT2D eigenvalue weighted by atomic mass is 10.1. The zero-order chi connectivity index (χ0) is 13.6. The molecule has 0 atom stereocenters. The van der Waals surface area contributed by atoms with Crippen molar-refractivity contribution in [1.29, 1.82) is 0 Å². The molecule has 0 N–H and O–H groups in total. The van der Waals surface area contributed by atoms with Crippen molar-refractivity contribution in [2.45, 2.75) is 0 Å². The molecule has 0 fully saturated rings. The highest BCUT2D eigenvalue weighted by Crippen LogP contribution is 2.30. The topological polar surface area (TPSA) is 37.6 Å². The Hall–Kier alpha value is -2.81. The predicted molar refractivity (Wildman–Crippen MR) is 80.3 cm³/mol. The lowest BCUT2D eigenvalue weighted by Gasteiger charge is -2.03. The Kier molecular flexibility index (Phi) is 3.60. The molecule has 3 heteroatoms. The van der Waals surface area contributed by atoms with E-state index in [1.165, 1.54) is 0 Å². The van der Waals surface area contributed by atoms with E-state index < -0.39 is 0 Å². The number of azo groups is 1. The molecule has 3 nitrogen and oxygen atoms in total. The summed E-state index contributed by atoms with van der Waals surface area (Å²) >= 11 is 0. The highest BCUT2D eigenvalue weighted by atomic mass is 15.1. The number of rotatable bonds is 3. The molecule has 3 aromatic rings. The van der Waals surface area contributed by atoms with Crippen molar-refractivity contribution in [3.8, 4) is 11.1 Å². The lowest BCUT2D eigenvalue weighted by Crippen LogP contribution is -1.79. The molecule has 96 valence electrons. The van der Waals surface area contributed by atoms with Gasteiger partial charge in [0.05, 0.1) is 11.9 Å². The Morgan fingerprint density at radius 3 is 2.15 bits per heavy atom. The lowest BCUT2D eigenvalue weighted by molar-refractivity contribution is 1.20. The highest BCUT2D eigenvalue weighted by molar-refractivity contribution is 5.74. The van der Waals surface area contributed by atoms with Crippen LogP contribution in [0.4, 0.5) is 11.4 Å². The molecule has 0 amide bonds. The van der Waals surface area contributed by atoms with Gasteiger partial charge < -0.3 is 0 Å². The van der Waals surface area contributed by atoms with Crippen LogP contribution in [0.15, 0.2) is 89.4 Å². The summed E-state index contributed by atoms with van der Waals surface area (Å²) in [6, 6.07) is 21.7. The Labute approximate surface area is 117 Å². The summed E-state index contributed by atoms with van der Waals surface area (Å²) in [6.07, 6.45) is 3.50. The van der Waals surface area contributed by atoms with Gasteiger partial charge in [-0.1, -0.05) is 48.5 Å². The maximum atomic E-state index is 4.32. The van der Waals surface area contributed by atoms with Gasteiger partial charge in [-0.25, -0.2) is 0 Å². The van der Waals surface area contributed by atoms with Gasteiger partial charge >= 0.3 is 0 Å². The van der Waals surface area contributed by atoms with Gasteiger partial charge in [-0.3, -0.25) is 4.98 Å². The summed E-state index contributed by atoms with van der Waals surface area (Å²) in [6.45, 7) is 0. The molecule has 0 bridgehead atoms. The van der Waals surface area contributed by atoms with Crippen LogP contribution in [0.2, 0.25) is 0 Å². The number of hydrogen-bond donors (Lipinski definition) is 0. The van der Waals surface area contributed by atoms with Crippen LogP contribution in [0.5, 0.6) is 0 Å². The van der Waals surface area contributed by atoms with Crippen LogP contribution >= 0.6 is 0 Å². The third-order valence-electron chi connectivity index (χ3n) is 2.91. The summed E-state index contributed by atoms with van der Waals surface area (Å²) in [5.41, 5.74) is 3.73. The summed E-state index contributed by atoms with van der Waals surface area (Å²) < 4.78 is 0. The third-order valence-corrected chi connectivity index (χ3v) is 2.91. The van der Waals surface area contributed by atoms with Crippen molar-refractivity contribution in [1.82, 2.24) is 4.98 Å². The second kappa shape index (κ2) is 5.89. The van der Waals surface area contributed by atoms with E-state index in [0.717, 1.165) is 22.5 Å². The first-order valence-electron chi connectivity index (χ1n) is 6.40. The summed E-state index contributed by atoms with van der Waals surface area (Å²) in [5.74, 6) is 0. The smallest absolute Gasteiger partial charge is 0.112 e. The Bertz CT molecular complexity index is 707. The molecule has 0 saturated heterocycles. The van der Waals surface area contributed by atoms with Crippen molar-refractivity contribution in [3.63, 3.8) is 0 Å². The average molecular weight is 259 g/mol. The van der Waals surface area contributed by atoms with E-state index in [4.69, 9.17) is 0 Å². The zero-order valence-electron chi connectivity index (χ0n) is 10.8. The van der Waals surface area contributed by atoms with E-state index in [1.807, 2.05) is 54.6 Å². The molecular formula is C17H13N3. The van der Waals surface area contributed by atoms with Crippen LogP contribution in [-0.2, 0) is 0 Å². The monoisotopic (exact) mass is 259 g/mol. The van der Waals surface area contributed by atoms with Crippen LogP contribution < -0.4 is 0 Å². The number of nitrogens with zero attached hydrogens (tertiary/aromatic N) is 3. The molecule has 1 heterocycles. The largest absolute Gasteiger partial charge is 0.262 e. The van der Waals surface area contributed by atoms with Gasteiger partial charge in [-0.15, -0.1) is 5.11 Å². The standard InChI is InChI=1S/C17H13N3/c1-3-7-14(8-4-1)16-11-12-18-13-17(16)20-19-15-9-5-2-6-10-15/h1-13H. The summed E-state index contributed by atoms with van der Waals surface area (Å²) in [5, 5.41) is 8.56. The third kappa shape index (κ3) is 2.78. The van der Waals surface area contributed by atoms with Crippen LogP contribution in [0.25, 0.3) is 11.1 Å².